The van der Waals surface area contributed by atoms with E-state index in [2.05, 4.69) is 0 Å². The second-order valence-electron chi connectivity index (χ2n) is 3.91. The van der Waals surface area contributed by atoms with Gasteiger partial charge in [0.05, 0.1) is 12.7 Å². The molecular formula is C9H18O6. The minimum absolute atomic E-state index is 0.281. The van der Waals surface area contributed by atoms with E-state index in [1.54, 1.807) is 13.8 Å². The Kier molecular flexibility index (Phi) is 4.05. The molecule has 0 unspecified atom stereocenters. The molecule has 1 saturated heterocycles. The van der Waals surface area contributed by atoms with E-state index in [1.165, 1.54) is 0 Å². The number of aliphatic hydroxyl groups excluding tert-OH is 4. The summed E-state index contributed by atoms with van der Waals surface area (Å²) in [5.41, 5.74) is 0. The van der Waals surface area contributed by atoms with Crippen LogP contribution in [-0.4, -0.2) is 63.8 Å². The minimum atomic E-state index is -1.64. The SMILES string of the molecule is CC(C)O[C@]1(CO)O[C@H](CO)[C@@H](O)[C@@H]1O. The minimum Gasteiger partial charge on any atom is -0.394 e. The van der Waals surface area contributed by atoms with Gasteiger partial charge in [0, 0.05) is 0 Å². The summed E-state index contributed by atoms with van der Waals surface area (Å²) in [6.07, 6.45) is -3.86. The number of ether oxygens (including phenoxy) is 2. The summed E-state index contributed by atoms with van der Waals surface area (Å²) < 4.78 is 10.4. The summed E-state index contributed by atoms with van der Waals surface area (Å²) in [7, 11) is 0. The quantitative estimate of drug-likeness (QED) is 0.448. The molecule has 0 amide bonds. The van der Waals surface area contributed by atoms with Crippen LogP contribution in [0, 0.1) is 0 Å². The third-order valence-corrected chi connectivity index (χ3v) is 2.34. The zero-order chi connectivity index (χ0) is 11.6. The van der Waals surface area contributed by atoms with E-state index < -0.39 is 37.3 Å². The molecule has 6 heteroatoms. The highest BCUT2D eigenvalue weighted by Gasteiger charge is 2.55. The molecule has 90 valence electrons. The van der Waals surface area contributed by atoms with E-state index in [-0.39, 0.29) is 6.10 Å². The van der Waals surface area contributed by atoms with Gasteiger partial charge in [0.2, 0.25) is 5.79 Å². The molecule has 4 atom stereocenters. The van der Waals surface area contributed by atoms with E-state index in [1.807, 2.05) is 0 Å². The molecule has 1 aliphatic rings. The second kappa shape index (κ2) is 4.73. The maximum absolute atomic E-state index is 9.69. The summed E-state index contributed by atoms with van der Waals surface area (Å²) in [4.78, 5) is 0. The smallest absolute Gasteiger partial charge is 0.221 e. The summed E-state index contributed by atoms with van der Waals surface area (Å²) in [6.45, 7) is 2.40. The van der Waals surface area contributed by atoms with Crippen LogP contribution < -0.4 is 0 Å². The van der Waals surface area contributed by atoms with Crippen LogP contribution in [0.4, 0.5) is 0 Å². The molecule has 6 nitrogen and oxygen atoms in total. The lowest BCUT2D eigenvalue weighted by molar-refractivity contribution is -0.289. The average molecular weight is 222 g/mol. The maximum atomic E-state index is 9.69. The lowest BCUT2D eigenvalue weighted by Gasteiger charge is -2.31. The molecule has 0 saturated carbocycles. The number of aliphatic hydroxyl groups is 4. The van der Waals surface area contributed by atoms with Crippen LogP contribution in [0.5, 0.6) is 0 Å². The van der Waals surface area contributed by atoms with Crippen molar-refractivity contribution in [1.82, 2.24) is 0 Å². The normalized spacial score (nSPS) is 41.4. The first-order chi connectivity index (χ1) is 6.96. The van der Waals surface area contributed by atoms with Crippen LogP contribution in [0.2, 0.25) is 0 Å². The van der Waals surface area contributed by atoms with Crippen LogP contribution in [-0.2, 0) is 9.47 Å². The van der Waals surface area contributed by atoms with Crippen LogP contribution in [0.3, 0.4) is 0 Å². The van der Waals surface area contributed by atoms with Gasteiger partial charge in [-0.1, -0.05) is 0 Å². The molecule has 4 N–H and O–H groups in total. The highest BCUT2D eigenvalue weighted by Crippen LogP contribution is 2.33. The largest absolute Gasteiger partial charge is 0.394 e. The third-order valence-electron chi connectivity index (χ3n) is 2.34. The van der Waals surface area contributed by atoms with Gasteiger partial charge in [0.15, 0.2) is 0 Å². The van der Waals surface area contributed by atoms with Crippen molar-refractivity contribution < 1.29 is 29.9 Å². The monoisotopic (exact) mass is 222 g/mol. The van der Waals surface area contributed by atoms with Crippen LogP contribution in [0.1, 0.15) is 13.8 Å². The Labute approximate surface area is 88.1 Å². The molecule has 0 spiro atoms. The van der Waals surface area contributed by atoms with Gasteiger partial charge in [0.25, 0.3) is 0 Å². The Morgan fingerprint density at radius 1 is 1.33 bits per heavy atom. The highest BCUT2D eigenvalue weighted by atomic mass is 16.7. The molecular weight excluding hydrogens is 204 g/mol. The van der Waals surface area contributed by atoms with Crippen molar-refractivity contribution in [3.63, 3.8) is 0 Å². The first kappa shape index (κ1) is 12.8. The zero-order valence-corrected chi connectivity index (χ0v) is 8.83. The molecule has 1 fully saturated rings. The van der Waals surface area contributed by atoms with Crippen molar-refractivity contribution in [3.05, 3.63) is 0 Å². The lowest BCUT2D eigenvalue weighted by atomic mass is 10.1. The topological polar surface area (TPSA) is 99.4 Å². The van der Waals surface area contributed by atoms with Crippen molar-refractivity contribution in [3.8, 4) is 0 Å². The Balaban J connectivity index is 2.81. The standard InChI is InChI=1S/C9H18O6/c1-5(2)14-9(4-11)8(13)7(12)6(3-10)15-9/h5-8,10-13H,3-4H2,1-2H3/t6-,7-,8+,9-/m1/s1. The fraction of sp³-hybridized carbons (Fsp3) is 1.00. The van der Waals surface area contributed by atoms with Crippen LogP contribution in [0.25, 0.3) is 0 Å². The summed E-state index contributed by atoms with van der Waals surface area (Å²) in [5.74, 6) is -1.64. The van der Waals surface area contributed by atoms with Gasteiger partial charge in [-0.25, -0.2) is 0 Å². The summed E-state index contributed by atoms with van der Waals surface area (Å²) in [6, 6.07) is 0. The molecule has 0 aromatic rings. The van der Waals surface area contributed by atoms with Crippen molar-refractivity contribution in [1.29, 1.82) is 0 Å². The molecule has 0 aromatic carbocycles. The van der Waals surface area contributed by atoms with Gasteiger partial charge in [-0.05, 0) is 13.8 Å². The second-order valence-corrected chi connectivity index (χ2v) is 3.91. The highest BCUT2D eigenvalue weighted by molar-refractivity contribution is 4.96. The van der Waals surface area contributed by atoms with E-state index >= 15 is 0 Å². The van der Waals surface area contributed by atoms with Gasteiger partial charge < -0.3 is 29.9 Å². The van der Waals surface area contributed by atoms with Crippen molar-refractivity contribution in [2.24, 2.45) is 0 Å². The summed E-state index contributed by atoms with van der Waals surface area (Å²) >= 11 is 0. The fourth-order valence-electron chi connectivity index (χ4n) is 1.67. The van der Waals surface area contributed by atoms with E-state index in [4.69, 9.17) is 19.7 Å². The molecule has 0 aromatic heterocycles. The van der Waals surface area contributed by atoms with E-state index in [0.29, 0.717) is 0 Å². The molecule has 1 rings (SSSR count). The van der Waals surface area contributed by atoms with Crippen LogP contribution >= 0.6 is 0 Å². The van der Waals surface area contributed by atoms with Gasteiger partial charge in [-0.2, -0.15) is 0 Å². The lowest BCUT2D eigenvalue weighted by Crippen LogP contribution is -2.50. The maximum Gasteiger partial charge on any atom is 0.221 e. The molecule has 0 bridgehead atoms. The average Bonchev–Trinajstić information content (AvgIpc) is 2.42. The zero-order valence-electron chi connectivity index (χ0n) is 8.83. The Hall–Kier alpha value is -0.240. The predicted octanol–water partition coefficient (Wildman–Crippen LogP) is -1.79. The van der Waals surface area contributed by atoms with Crippen molar-refractivity contribution >= 4 is 0 Å². The number of hydrogen-bond donors (Lipinski definition) is 4. The molecule has 1 aliphatic heterocycles. The van der Waals surface area contributed by atoms with E-state index in [9.17, 15) is 10.2 Å². The molecule has 15 heavy (non-hydrogen) atoms. The Morgan fingerprint density at radius 3 is 2.27 bits per heavy atom. The molecule has 0 radical (unpaired) electrons. The summed E-state index contributed by atoms with van der Waals surface area (Å²) in [5, 5.41) is 37.2. The van der Waals surface area contributed by atoms with Gasteiger partial charge in [-0.3, -0.25) is 0 Å². The van der Waals surface area contributed by atoms with Gasteiger partial charge in [-0.15, -0.1) is 0 Å². The first-order valence-corrected chi connectivity index (χ1v) is 4.90. The third kappa shape index (κ3) is 2.30. The Bertz CT molecular complexity index is 209. The first-order valence-electron chi connectivity index (χ1n) is 4.90. The fourth-order valence-corrected chi connectivity index (χ4v) is 1.67. The van der Waals surface area contributed by atoms with Gasteiger partial charge in [0.1, 0.15) is 24.9 Å². The number of hydrogen-bond acceptors (Lipinski definition) is 6. The number of rotatable bonds is 4. The molecule has 0 aliphatic carbocycles. The van der Waals surface area contributed by atoms with E-state index in [0.717, 1.165) is 0 Å². The Morgan fingerprint density at radius 2 is 1.93 bits per heavy atom. The van der Waals surface area contributed by atoms with Gasteiger partial charge >= 0.3 is 0 Å². The predicted molar refractivity (Wildman–Crippen MR) is 50.0 cm³/mol. The van der Waals surface area contributed by atoms with Crippen LogP contribution in [0.15, 0.2) is 0 Å². The van der Waals surface area contributed by atoms with Crippen molar-refractivity contribution in [2.75, 3.05) is 13.2 Å². The molecule has 1 heterocycles. The van der Waals surface area contributed by atoms with Crippen molar-refractivity contribution in [2.45, 2.75) is 44.1 Å².